The van der Waals surface area contributed by atoms with Crippen LogP contribution in [0.3, 0.4) is 0 Å². The van der Waals surface area contributed by atoms with Crippen molar-refractivity contribution in [2.45, 2.75) is 19.4 Å². The Bertz CT molecular complexity index is 438. The molecule has 2 rings (SSSR count). The minimum absolute atomic E-state index is 0.202. The Balaban J connectivity index is 2.23. The first-order chi connectivity index (χ1) is 7.31. The molecule has 0 saturated heterocycles. The van der Waals surface area contributed by atoms with Crippen molar-refractivity contribution in [1.82, 2.24) is 9.38 Å². The molecule has 0 amide bonds. The van der Waals surface area contributed by atoms with Gasteiger partial charge in [0.2, 0.25) is 0 Å². The van der Waals surface area contributed by atoms with E-state index in [2.05, 4.69) is 10.3 Å². The van der Waals surface area contributed by atoms with E-state index >= 15 is 0 Å². The molecule has 4 nitrogen and oxygen atoms in total. The number of anilines is 1. The van der Waals surface area contributed by atoms with Crippen LogP contribution in [0.2, 0.25) is 0 Å². The Morgan fingerprint density at radius 1 is 1.53 bits per heavy atom. The Morgan fingerprint density at radius 3 is 3.20 bits per heavy atom. The van der Waals surface area contributed by atoms with Crippen molar-refractivity contribution in [3.8, 4) is 0 Å². The summed E-state index contributed by atoms with van der Waals surface area (Å²) in [4.78, 5) is 4.21. The molecule has 2 aromatic heterocycles. The second-order valence-corrected chi connectivity index (χ2v) is 3.62. The van der Waals surface area contributed by atoms with Gasteiger partial charge in [0.05, 0.1) is 0 Å². The van der Waals surface area contributed by atoms with E-state index in [0.717, 1.165) is 17.9 Å². The molecule has 2 N–H and O–H groups in total. The number of rotatable bonds is 4. The van der Waals surface area contributed by atoms with Crippen molar-refractivity contribution in [3.05, 3.63) is 30.6 Å². The maximum absolute atomic E-state index is 8.83. The van der Waals surface area contributed by atoms with Crippen LogP contribution in [0.15, 0.2) is 30.6 Å². The summed E-state index contributed by atoms with van der Waals surface area (Å²) in [5, 5.41) is 12.2. The third-order valence-electron chi connectivity index (χ3n) is 2.38. The number of pyridine rings is 1. The minimum Gasteiger partial charge on any atom is -0.396 e. The first kappa shape index (κ1) is 9.98. The summed E-state index contributed by atoms with van der Waals surface area (Å²) in [5.74, 6) is 1.01. The van der Waals surface area contributed by atoms with E-state index in [4.69, 9.17) is 5.11 Å². The molecule has 15 heavy (non-hydrogen) atoms. The predicted molar refractivity (Wildman–Crippen MR) is 60.0 cm³/mol. The van der Waals surface area contributed by atoms with Crippen LogP contribution in [0.25, 0.3) is 5.65 Å². The van der Waals surface area contributed by atoms with Crippen molar-refractivity contribution < 1.29 is 5.11 Å². The summed E-state index contributed by atoms with van der Waals surface area (Å²) < 4.78 is 1.99. The van der Waals surface area contributed by atoms with Gasteiger partial charge in [0.1, 0.15) is 11.5 Å². The van der Waals surface area contributed by atoms with Gasteiger partial charge in [-0.05, 0) is 25.5 Å². The van der Waals surface area contributed by atoms with E-state index in [1.807, 2.05) is 35.7 Å². The Kier molecular flexibility index (Phi) is 2.87. The molecule has 0 fully saturated rings. The molecule has 0 spiro atoms. The standard InChI is InChI=1S/C11H15N3O/c1-9(5-8-15)13-11-4-2-3-10-12-6-7-14(10)11/h2-4,6-7,9,13,15H,5,8H2,1H3. The van der Waals surface area contributed by atoms with Crippen LogP contribution in [-0.2, 0) is 0 Å². The fourth-order valence-corrected chi connectivity index (χ4v) is 1.58. The lowest BCUT2D eigenvalue weighted by molar-refractivity contribution is 0.282. The van der Waals surface area contributed by atoms with Crippen molar-refractivity contribution in [1.29, 1.82) is 0 Å². The number of aromatic nitrogens is 2. The van der Waals surface area contributed by atoms with Crippen molar-refractivity contribution in [3.63, 3.8) is 0 Å². The van der Waals surface area contributed by atoms with E-state index in [1.165, 1.54) is 0 Å². The molecule has 0 radical (unpaired) electrons. The van der Waals surface area contributed by atoms with Crippen LogP contribution in [-0.4, -0.2) is 27.1 Å². The first-order valence-electron chi connectivity index (χ1n) is 5.11. The van der Waals surface area contributed by atoms with Crippen molar-refractivity contribution in [2.24, 2.45) is 0 Å². The molecule has 0 aliphatic carbocycles. The second-order valence-electron chi connectivity index (χ2n) is 3.62. The maximum atomic E-state index is 8.83. The molecule has 1 unspecified atom stereocenters. The van der Waals surface area contributed by atoms with Gasteiger partial charge in [-0.3, -0.25) is 4.40 Å². The molecule has 80 valence electrons. The van der Waals surface area contributed by atoms with Crippen LogP contribution < -0.4 is 5.32 Å². The summed E-state index contributed by atoms with van der Waals surface area (Å²) in [5.41, 5.74) is 0.927. The zero-order chi connectivity index (χ0) is 10.7. The van der Waals surface area contributed by atoms with E-state index in [0.29, 0.717) is 0 Å². The monoisotopic (exact) mass is 205 g/mol. The van der Waals surface area contributed by atoms with Crippen LogP contribution >= 0.6 is 0 Å². The summed E-state index contributed by atoms with van der Waals surface area (Å²) in [6.45, 7) is 2.25. The molecule has 4 heteroatoms. The van der Waals surface area contributed by atoms with Gasteiger partial charge in [-0.2, -0.15) is 0 Å². The van der Waals surface area contributed by atoms with Crippen molar-refractivity contribution >= 4 is 11.5 Å². The normalized spacial score (nSPS) is 12.9. The van der Waals surface area contributed by atoms with Crippen molar-refractivity contribution in [2.75, 3.05) is 11.9 Å². The molecule has 0 aliphatic heterocycles. The van der Waals surface area contributed by atoms with Gasteiger partial charge in [0.25, 0.3) is 0 Å². The lowest BCUT2D eigenvalue weighted by Crippen LogP contribution is -2.18. The number of nitrogens with one attached hydrogen (secondary N) is 1. The van der Waals surface area contributed by atoms with E-state index in [-0.39, 0.29) is 12.6 Å². The molecule has 2 aromatic rings. The third-order valence-corrected chi connectivity index (χ3v) is 2.38. The summed E-state index contributed by atoms with van der Waals surface area (Å²) in [6, 6.07) is 6.18. The molecule has 0 saturated carbocycles. The highest BCUT2D eigenvalue weighted by Crippen LogP contribution is 2.12. The number of aliphatic hydroxyl groups excluding tert-OH is 1. The first-order valence-corrected chi connectivity index (χ1v) is 5.11. The van der Waals surface area contributed by atoms with Gasteiger partial charge in [-0.25, -0.2) is 4.98 Å². The zero-order valence-corrected chi connectivity index (χ0v) is 8.72. The highest BCUT2D eigenvalue weighted by Gasteiger charge is 2.04. The lowest BCUT2D eigenvalue weighted by Gasteiger charge is -2.15. The van der Waals surface area contributed by atoms with Crippen LogP contribution in [0.1, 0.15) is 13.3 Å². The van der Waals surface area contributed by atoms with Gasteiger partial charge in [-0.1, -0.05) is 6.07 Å². The zero-order valence-electron chi connectivity index (χ0n) is 8.72. The number of aliphatic hydroxyl groups is 1. The van der Waals surface area contributed by atoms with Crippen LogP contribution in [0.4, 0.5) is 5.82 Å². The van der Waals surface area contributed by atoms with E-state index < -0.39 is 0 Å². The Hall–Kier alpha value is -1.55. The third kappa shape index (κ3) is 2.10. The number of imidazole rings is 1. The maximum Gasteiger partial charge on any atom is 0.138 e. The average molecular weight is 205 g/mol. The summed E-state index contributed by atoms with van der Waals surface area (Å²) in [7, 11) is 0. The number of fused-ring (bicyclic) bond motifs is 1. The van der Waals surface area contributed by atoms with E-state index in [1.54, 1.807) is 6.20 Å². The van der Waals surface area contributed by atoms with Gasteiger partial charge in [-0.15, -0.1) is 0 Å². The lowest BCUT2D eigenvalue weighted by atomic mass is 10.2. The SMILES string of the molecule is CC(CCO)Nc1cccc2nccn12. The molecular weight excluding hydrogens is 190 g/mol. The highest BCUT2D eigenvalue weighted by atomic mass is 16.3. The summed E-state index contributed by atoms with van der Waals surface area (Å²) in [6.07, 6.45) is 4.44. The molecular formula is C11H15N3O. The molecule has 2 heterocycles. The largest absolute Gasteiger partial charge is 0.396 e. The molecule has 0 bridgehead atoms. The topological polar surface area (TPSA) is 49.6 Å². The van der Waals surface area contributed by atoms with Gasteiger partial charge in [0, 0.05) is 25.0 Å². The van der Waals surface area contributed by atoms with Gasteiger partial charge < -0.3 is 10.4 Å². The fourth-order valence-electron chi connectivity index (χ4n) is 1.58. The summed E-state index contributed by atoms with van der Waals surface area (Å²) >= 11 is 0. The average Bonchev–Trinajstić information content (AvgIpc) is 2.67. The fraction of sp³-hybridized carbons (Fsp3) is 0.364. The highest BCUT2D eigenvalue weighted by molar-refractivity contribution is 5.50. The second kappa shape index (κ2) is 4.31. The quantitative estimate of drug-likeness (QED) is 0.795. The van der Waals surface area contributed by atoms with E-state index in [9.17, 15) is 0 Å². The van der Waals surface area contributed by atoms with Gasteiger partial charge >= 0.3 is 0 Å². The molecule has 0 aromatic carbocycles. The number of nitrogens with zero attached hydrogens (tertiary/aromatic N) is 2. The van der Waals surface area contributed by atoms with Crippen LogP contribution in [0, 0.1) is 0 Å². The molecule has 0 aliphatic rings. The minimum atomic E-state index is 0.202. The molecule has 1 atom stereocenters. The predicted octanol–water partition coefficient (Wildman–Crippen LogP) is 1.52. The van der Waals surface area contributed by atoms with Crippen LogP contribution in [0.5, 0.6) is 0 Å². The number of hydrogen-bond acceptors (Lipinski definition) is 3. The number of hydrogen-bond donors (Lipinski definition) is 2. The Labute approximate surface area is 88.6 Å². The van der Waals surface area contributed by atoms with Gasteiger partial charge in [0.15, 0.2) is 0 Å². The smallest absolute Gasteiger partial charge is 0.138 e. The Morgan fingerprint density at radius 2 is 2.40 bits per heavy atom.